The molecular weight excluding hydrogens is 529 g/mol. The number of hydrogen-bond donors (Lipinski definition) is 4. The van der Waals surface area contributed by atoms with E-state index in [0.717, 1.165) is 28.8 Å². The zero-order valence-corrected chi connectivity index (χ0v) is 21.9. The monoisotopic (exact) mass is 560 g/mol. The minimum atomic E-state index is -4.85. The highest BCUT2D eigenvalue weighted by atomic mass is 32.2. The number of hydrogen-bond acceptors (Lipinski definition) is 5. The van der Waals surface area contributed by atoms with Crippen molar-refractivity contribution in [1.82, 2.24) is 10.0 Å². The van der Waals surface area contributed by atoms with E-state index in [1.807, 2.05) is 54.6 Å². The number of sulfonamides is 1. The van der Waals surface area contributed by atoms with Gasteiger partial charge in [0, 0.05) is 24.6 Å². The van der Waals surface area contributed by atoms with Gasteiger partial charge in [0.15, 0.2) is 0 Å². The zero-order chi connectivity index (χ0) is 28.2. The van der Waals surface area contributed by atoms with Crippen molar-refractivity contribution in [2.45, 2.75) is 48.6 Å². The second kappa shape index (κ2) is 11.9. The maximum atomic E-state index is 13.4. The third kappa shape index (κ3) is 7.07. The smallest absolute Gasteiger partial charge is 0.392 e. The number of halogens is 3. The number of fused-ring (bicyclic) bond motifs is 1. The Morgan fingerprint density at radius 3 is 2.36 bits per heavy atom. The molecular formula is C29H31F3N2O4S. The van der Waals surface area contributed by atoms with Gasteiger partial charge in [-0.15, -0.1) is 0 Å². The predicted molar refractivity (Wildman–Crippen MR) is 142 cm³/mol. The lowest BCUT2D eigenvalue weighted by molar-refractivity contribution is -0.139. The summed E-state index contributed by atoms with van der Waals surface area (Å²) >= 11 is 0. The van der Waals surface area contributed by atoms with Crippen LogP contribution in [0.3, 0.4) is 0 Å². The van der Waals surface area contributed by atoms with E-state index in [2.05, 4.69) is 16.6 Å². The number of allylic oxidation sites excluding steroid dienone is 1. The first kappa shape index (κ1) is 28.8. The molecule has 0 spiro atoms. The molecule has 0 bridgehead atoms. The van der Waals surface area contributed by atoms with Gasteiger partial charge in [0.05, 0.1) is 28.7 Å². The summed E-state index contributed by atoms with van der Waals surface area (Å²) in [4.78, 5) is -0.898. The molecule has 3 aromatic rings. The van der Waals surface area contributed by atoms with E-state index in [4.69, 9.17) is 0 Å². The highest BCUT2D eigenvalue weighted by Crippen LogP contribution is 2.35. The third-order valence-corrected chi connectivity index (χ3v) is 8.39. The third-order valence-electron chi connectivity index (χ3n) is 6.91. The van der Waals surface area contributed by atoms with Gasteiger partial charge in [0.25, 0.3) is 0 Å². The first-order chi connectivity index (χ1) is 18.5. The van der Waals surface area contributed by atoms with Crippen LogP contribution in [0.25, 0.3) is 0 Å². The van der Waals surface area contributed by atoms with Crippen molar-refractivity contribution in [1.29, 1.82) is 0 Å². The molecule has 1 aliphatic rings. The molecule has 4 rings (SSSR count). The summed E-state index contributed by atoms with van der Waals surface area (Å²) in [6.07, 6.45) is -5.69. The Hall–Kier alpha value is -3.18. The van der Waals surface area contributed by atoms with Crippen LogP contribution >= 0.6 is 0 Å². The van der Waals surface area contributed by atoms with Gasteiger partial charge in [-0.25, -0.2) is 13.1 Å². The lowest BCUT2D eigenvalue weighted by atomic mass is 9.90. The highest BCUT2D eigenvalue weighted by molar-refractivity contribution is 7.89. The molecule has 39 heavy (non-hydrogen) atoms. The summed E-state index contributed by atoms with van der Waals surface area (Å²) < 4.78 is 67.6. The van der Waals surface area contributed by atoms with E-state index in [1.165, 1.54) is 6.07 Å². The van der Waals surface area contributed by atoms with E-state index < -0.39 is 45.4 Å². The molecule has 10 heteroatoms. The number of aliphatic hydroxyl groups is 2. The van der Waals surface area contributed by atoms with Gasteiger partial charge < -0.3 is 15.5 Å². The number of rotatable bonds is 11. The summed E-state index contributed by atoms with van der Waals surface area (Å²) in [6.45, 7) is 3.69. The molecule has 4 atom stereocenters. The Morgan fingerprint density at radius 2 is 1.64 bits per heavy atom. The van der Waals surface area contributed by atoms with Crippen molar-refractivity contribution >= 4 is 10.0 Å². The summed E-state index contributed by atoms with van der Waals surface area (Å²) in [5.41, 5.74) is 2.24. The Balaban J connectivity index is 1.47. The maximum Gasteiger partial charge on any atom is 0.417 e. The van der Waals surface area contributed by atoms with Crippen LogP contribution < -0.4 is 10.0 Å². The Labute approximate surface area is 226 Å². The van der Waals surface area contributed by atoms with Crippen LogP contribution in [-0.2, 0) is 29.0 Å². The van der Waals surface area contributed by atoms with Crippen LogP contribution in [0, 0.1) is 5.92 Å². The van der Waals surface area contributed by atoms with Gasteiger partial charge in [-0.2, -0.15) is 13.2 Å². The van der Waals surface area contributed by atoms with Crippen LogP contribution in [-0.4, -0.2) is 37.4 Å². The number of alkyl halides is 3. The standard InChI is InChI=1S/C29H31F3N2O4S/c1-19(34-28-24-12-6-5-11-21(24)17-26(28)36)22(15-20-9-3-2-4-10-20)16-23(35)18-33-39(37,38)27-14-8-7-13-25(27)29(30,31)32/h2-14,22-23,26,28,33-36H,1,15-18H2/t22-,23+,26-,28+/m1/s1. The van der Waals surface area contributed by atoms with Crippen LogP contribution in [0.5, 0.6) is 0 Å². The molecule has 6 nitrogen and oxygen atoms in total. The van der Waals surface area contributed by atoms with Gasteiger partial charge in [-0.3, -0.25) is 0 Å². The quantitative estimate of drug-likeness (QED) is 0.280. The highest BCUT2D eigenvalue weighted by Gasteiger charge is 2.37. The molecule has 0 radical (unpaired) electrons. The number of nitrogens with one attached hydrogen (secondary N) is 2. The molecule has 0 amide bonds. The minimum absolute atomic E-state index is 0.0780. The van der Waals surface area contributed by atoms with Crippen molar-refractivity contribution < 1.29 is 31.8 Å². The van der Waals surface area contributed by atoms with Crippen molar-refractivity contribution in [2.24, 2.45) is 5.92 Å². The topological polar surface area (TPSA) is 98.7 Å². The van der Waals surface area contributed by atoms with Crippen molar-refractivity contribution in [3.05, 3.63) is 113 Å². The average Bonchev–Trinajstić information content (AvgIpc) is 3.22. The molecule has 0 aromatic heterocycles. The maximum absolute atomic E-state index is 13.4. The Morgan fingerprint density at radius 1 is 1.00 bits per heavy atom. The summed E-state index contributed by atoms with van der Waals surface area (Å²) in [5, 5.41) is 24.8. The predicted octanol–water partition coefficient (Wildman–Crippen LogP) is 4.36. The molecule has 1 aliphatic carbocycles. The van der Waals surface area contributed by atoms with Gasteiger partial charge in [0.2, 0.25) is 10.0 Å². The van der Waals surface area contributed by atoms with Crippen LogP contribution in [0.1, 0.15) is 34.7 Å². The van der Waals surface area contributed by atoms with Gasteiger partial charge in [0.1, 0.15) is 0 Å². The SMILES string of the molecule is C=C(N[C@H]1c2ccccc2C[C@H]1O)[C@H](Cc1ccccc1)C[C@H](O)CNS(=O)(=O)c1ccccc1C(F)(F)F. The number of benzene rings is 3. The fourth-order valence-electron chi connectivity index (χ4n) is 4.94. The fourth-order valence-corrected chi connectivity index (χ4v) is 6.24. The normalized spacial score (nSPS) is 18.8. The Kier molecular flexibility index (Phi) is 8.80. The summed E-state index contributed by atoms with van der Waals surface area (Å²) in [7, 11) is -4.54. The van der Waals surface area contributed by atoms with E-state index in [0.29, 0.717) is 24.6 Å². The van der Waals surface area contributed by atoms with Crippen LogP contribution in [0.4, 0.5) is 13.2 Å². The largest absolute Gasteiger partial charge is 0.417 e. The molecule has 0 aliphatic heterocycles. The second-order valence-electron chi connectivity index (χ2n) is 9.74. The van der Waals surface area contributed by atoms with E-state index in [-0.39, 0.29) is 18.4 Å². The average molecular weight is 561 g/mol. The minimum Gasteiger partial charge on any atom is -0.392 e. The van der Waals surface area contributed by atoms with Gasteiger partial charge >= 0.3 is 6.18 Å². The first-order valence-corrected chi connectivity index (χ1v) is 14.0. The van der Waals surface area contributed by atoms with E-state index in [1.54, 1.807) is 0 Å². The van der Waals surface area contributed by atoms with Gasteiger partial charge in [-0.05, 0) is 41.7 Å². The number of aliphatic hydroxyl groups excluding tert-OH is 2. The lowest BCUT2D eigenvalue weighted by Gasteiger charge is -2.28. The summed E-state index contributed by atoms with van der Waals surface area (Å²) in [5.74, 6) is -0.366. The molecule has 0 unspecified atom stereocenters. The van der Waals surface area contributed by atoms with Crippen molar-refractivity contribution in [3.63, 3.8) is 0 Å². The van der Waals surface area contributed by atoms with Gasteiger partial charge in [-0.1, -0.05) is 73.3 Å². The van der Waals surface area contributed by atoms with Crippen LogP contribution in [0.2, 0.25) is 0 Å². The fraction of sp³-hybridized carbons (Fsp3) is 0.310. The molecule has 4 N–H and O–H groups in total. The first-order valence-electron chi connectivity index (χ1n) is 12.5. The van der Waals surface area contributed by atoms with Crippen LogP contribution in [0.15, 0.2) is 96.0 Å². The van der Waals surface area contributed by atoms with E-state index in [9.17, 15) is 31.8 Å². The molecule has 0 fully saturated rings. The van der Waals surface area contributed by atoms with E-state index >= 15 is 0 Å². The molecule has 208 valence electrons. The molecule has 0 saturated carbocycles. The zero-order valence-electron chi connectivity index (χ0n) is 21.1. The molecule has 0 saturated heterocycles. The summed E-state index contributed by atoms with van der Waals surface area (Å²) in [6, 6.07) is 20.7. The Bertz CT molecular complexity index is 1400. The second-order valence-corrected chi connectivity index (χ2v) is 11.5. The molecule has 3 aromatic carbocycles. The van der Waals surface area contributed by atoms with Crippen molar-refractivity contribution in [2.75, 3.05) is 6.54 Å². The lowest BCUT2D eigenvalue weighted by Crippen LogP contribution is -2.36. The molecule has 0 heterocycles. The van der Waals surface area contributed by atoms with Crippen molar-refractivity contribution in [3.8, 4) is 0 Å².